The first-order valence-corrected chi connectivity index (χ1v) is 6.32. The van der Waals surface area contributed by atoms with E-state index in [4.69, 9.17) is 10.5 Å². The predicted octanol–water partition coefficient (Wildman–Crippen LogP) is 2.38. The van der Waals surface area contributed by atoms with Gasteiger partial charge in [-0.2, -0.15) is 0 Å². The summed E-state index contributed by atoms with van der Waals surface area (Å²) in [6, 6.07) is 7.15. The maximum absolute atomic E-state index is 11.8. The first-order chi connectivity index (χ1) is 8.69. The van der Waals surface area contributed by atoms with Gasteiger partial charge in [0.25, 0.3) is 5.91 Å². The highest BCUT2D eigenvalue weighted by atomic mass is 32.1. The Hall–Kier alpha value is -2.08. The molecule has 0 fully saturated rings. The molecule has 0 atom stereocenters. The number of aromatic nitrogens is 1. The van der Waals surface area contributed by atoms with Crippen LogP contribution in [0.2, 0.25) is 0 Å². The number of carbonyl (C=O) groups excluding carboxylic acids is 1. The predicted molar refractivity (Wildman–Crippen MR) is 72.1 cm³/mol. The van der Waals surface area contributed by atoms with Crippen LogP contribution in [0, 0.1) is 0 Å². The number of hydrogen-bond donors (Lipinski definition) is 2. The summed E-state index contributed by atoms with van der Waals surface area (Å²) >= 11 is 1.24. The van der Waals surface area contributed by atoms with E-state index >= 15 is 0 Å². The lowest BCUT2D eigenvalue weighted by atomic mass is 10.3. The zero-order valence-corrected chi connectivity index (χ0v) is 10.7. The number of nitrogens with one attached hydrogen (secondary N) is 1. The lowest BCUT2D eigenvalue weighted by Crippen LogP contribution is -2.12. The highest BCUT2D eigenvalue weighted by Gasteiger charge is 2.09. The lowest BCUT2D eigenvalue weighted by Gasteiger charge is -2.05. The number of anilines is 2. The van der Waals surface area contributed by atoms with Crippen molar-refractivity contribution in [3.63, 3.8) is 0 Å². The molecule has 6 heteroatoms. The van der Waals surface area contributed by atoms with Crippen LogP contribution in [0.1, 0.15) is 17.4 Å². The van der Waals surface area contributed by atoms with E-state index in [1.54, 1.807) is 29.6 Å². The first kappa shape index (κ1) is 12.4. The Morgan fingerprint density at radius 1 is 1.44 bits per heavy atom. The van der Waals surface area contributed by atoms with Crippen molar-refractivity contribution in [1.82, 2.24) is 4.98 Å². The molecule has 2 aromatic rings. The molecule has 0 spiro atoms. The number of nitrogen functional groups attached to an aromatic ring is 1. The molecule has 5 nitrogen and oxygen atoms in total. The van der Waals surface area contributed by atoms with Crippen molar-refractivity contribution in [3.8, 4) is 5.75 Å². The molecule has 0 radical (unpaired) electrons. The Labute approximate surface area is 109 Å². The summed E-state index contributed by atoms with van der Waals surface area (Å²) < 4.78 is 5.31. The summed E-state index contributed by atoms with van der Waals surface area (Å²) in [6.45, 7) is 2.53. The number of nitrogens with zero attached hydrogens (tertiary/aromatic N) is 1. The zero-order valence-electron chi connectivity index (χ0n) is 9.84. The van der Waals surface area contributed by atoms with E-state index < -0.39 is 0 Å². The molecule has 0 aliphatic rings. The van der Waals surface area contributed by atoms with E-state index in [2.05, 4.69) is 10.3 Å². The van der Waals surface area contributed by atoms with Gasteiger partial charge in [-0.1, -0.05) is 0 Å². The molecular weight excluding hydrogens is 250 g/mol. The van der Waals surface area contributed by atoms with Crippen LogP contribution < -0.4 is 15.8 Å². The minimum absolute atomic E-state index is 0.271. The molecule has 0 saturated carbocycles. The van der Waals surface area contributed by atoms with Crippen LogP contribution in [0.4, 0.5) is 10.8 Å². The van der Waals surface area contributed by atoms with Crippen LogP contribution in [-0.4, -0.2) is 17.5 Å². The monoisotopic (exact) mass is 263 g/mol. The van der Waals surface area contributed by atoms with Crippen molar-refractivity contribution in [2.45, 2.75) is 6.92 Å². The smallest absolute Gasteiger partial charge is 0.275 e. The molecule has 2 rings (SSSR count). The topological polar surface area (TPSA) is 77.2 Å². The van der Waals surface area contributed by atoms with Gasteiger partial charge in [-0.3, -0.25) is 4.79 Å². The first-order valence-electron chi connectivity index (χ1n) is 5.44. The summed E-state index contributed by atoms with van der Waals surface area (Å²) in [6.07, 6.45) is 0. The Bertz CT molecular complexity index is 537. The van der Waals surface area contributed by atoms with Crippen molar-refractivity contribution < 1.29 is 9.53 Å². The van der Waals surface area contributed by atoms with Gasteiger partial charge in [0.05, 0.1) is 6.61 Å². The van der Waals surface area contributed by atoms with E-state index in [-0.39, 0.29) is 5.91 Å². The Morgan fingerprint density at radius 3 is 2.72 bits per heavy atom. The molecule has 0 saturated heterocycles. The summed E-state index contributed by atoms with van der Waals surface area (Å²) in [7, 11) is 0. The fourth-order valence-electron chi connectivity index (χ4n) is 1.39. The van der Waals surface area contributed by atoms with Crippen molar-refractivity contribution in [2.75, 3.05) is 17.7 Å². The molecule has 94 valence electrons. The number of rotatable bonds is 4. The van der Waals surface area contributed by atoms with Crippen LogP contribution >= 0.6 is 11.3 Å². The third-order valence-electron chi connectivity index (χ3n) is 2.18. The molecular formula is C12H13N3O2S. The number of hydrogen-bond acceptors (Lipinski definition) is 5. The highest BCUT2D eigenvalue weighted by molar-refractivity contribution is 7.13. The maximum Gasteiger partial charge on any atom is 0.275 e. The summed E-state index contributed by atoms with van der Waals surface area (Å²) in [5.74, 6) is 0.500. The summed E-state index contributed by atoms with van der Waals surface area (Å²) in [5.41, 5.74) is 6.49. The minimum Gasteiger partial charge on any atom is -0.494 e. The molecule has 0 bridgehead atoms. The van der Waals surface area contributed by atoms with Gasteiger partial charge in [-0.15, -0.1) is 11.3 Å². The van der Waals surface area contributed by atoms with E-state index in [1.165, 1.54) is 11.3 Å². The van der Waals surface area contributed by atoms with Crippen LogP contribution in [0.3, 0.4) is 0 Å². The Balaban J connectivity index is 2.03. The van der Waals surface area contributed by atoms with Gasteiger partial charge in [-0.25, -0.2) is 4.98 Å². The second kappa shape index (κ2) is 5.50. The van der Waals surface area contributed by atoms with E-state index in [0.717, 1.165) is 5.75 Å². The number of nitrogens with two attached hydrogens (primary N) is 1. The standard InChI is InChI=1S/C12H13N3O2S/c1-2-17-9-5-3-8(4-6-9)14-11(16)10-7-18-12(13)15-10/h3-7H,2H2,1H3,(H2,13,15)(H,14,16). The van der Waals surface area contributed by atoms with Gasteiger partial charge < -0.3 is 15.8 Å². The minimum atomic E-state index is -0.271. The number of ether oxygens (including phenoxy) is 1. The van der Waals surface area contributed by atoms with Gasteiger partial charge in [0.2, 0.25) is 0 Å². The van der Waals surface area contributed by atoms with E-state index in [0.29, 0.717) is 23.1 Å². The number of amides is 1. The largest absolute Gasteiger partial charge is 0.494 e. The Kier molecular flexibility index (Phi) is 3.78. The molecule has 1 heterocycles. The third kappa shape index (κ3) is 2.98. The molecule has 0 unspecified atom stereocenters. The van der Waals surface area contributed by atoms with Crippen LogP contribution in [-0.2, 0) is 0 Å². The van der Waals surface area contributed by atoms with Gasteiger partial charge >= 0.3 is 0 Å². The number of carbonyl (C=O) groups is 1. The van der Waals surface area contributed by atoms with E-state index in [1.807, 2.05) is 6.92 Å². The van der Waals surface area contributed by atoms with Crippen molar-refractivity contribution in [3.05, 3.63) is 35.3 Å². The third-order valence-corrected chi connectivity index (χ3v) is 2.85. The fraction of sp³-hybridized carbons (Fsp3) is 0.167. The fourth-order valence-corrected chi connectivity index (χ4v) is 1.93. The molecule has 18 heavy (non-hydrogen) atoms. The second-order valence-corrected chi connectivity index (χ2v) is 4.37. The number of thiazole rings is 1. The number of benzene rings is 1. The molecule has 1 aromatic heterocycles. The van der Waals surface area contributed by atoms with E-state index in [9.17, 15) is 4.79 Å². The summed E-state index contributed by atoms with van der Waals surface area (Å²) in [4.78, 5) is 15.7. The zero-order chi connectivity index (χ0) is 13.0. The van der Waals surface area contributed by atoms with Gasteiger partial charge in [0.15, 0.2) is 5.13 Å². The van der Waals surface area contributed by atoms with Crippen LogP contribution in [0.5, 0.6) is 5.75 Å². The molecule has 1 aromatic carbocycles. The van der Waals surface area contributed by atoms with Crippen molar-refractivity contribution in [2.24, 2.45) is 0 Å². The molecule has 0 aliphatic carbocycles. The van der Waals surface area contributed by atoms with Gasteiger partial charge in [0, 0.05) is 11.1 Å². The second-order valence-electron chi connectivity index (χ2n) is 3.48. The normalized spacial score (nSPS) is 10.1. The molecule has 0 aliphatic heterocycles. The molecule has 3 N–H and O–H groups in total. The average Bonchev–Trinajstić information content (AvgIpc) is 2.79. The van der Waals surface area contributed by atoms with Crippen LogP contribution in [0.15, 0.2) is 29.6 Å². The van der Waals surface area contributed by atoms with Crippen molar-refractivity contribution >= 4 is 28.1 Å². The van der Waals surface area contributed by atoms with Gasteiger partial charge in [-0.05, 0) is 31.2 Å². The van der Waals surface area contributed by atoms with Crippen molar-refractivity contribution in [1.29, 1.82) is 0 Å². The lowest BCUT2D eigenvalue weighted by molar-refractivity contribution is 0.102. The highest BCUT2D eigenvalue weighted by Crippen LogP contribution is 2.17. The average molecular weight is 263 g/mol. The van der Waals surface area contributed by atoms with Crippen LogP contribution in [0.25, 0.3) is 0 Å². The SMILES string of the molecule is CCOc1ccc(NC(=O)c2csc(N)n2)cc1. The maximum atomic E-state index is 11.8. The molecule has 1 amide bonds. The summed E-state index contributed by atoms with van der Waals surface area (Å²) in [5, 5.41) is 4.74. The quantitative estimate of drug-likeness (QED) is 0.887. The van der Waals surface area contributed by atoms with Gasteiger partial charge in [0.1, 0.15) is 11.4 Å². The Morgan fingerprint density at radius 2 is 2.17 bits per heavy atom.